The molecule has 1 atom stereocenters. The Balaban J connectivity index is 0.00000312. The molecule has 1 aromatic rings. The molecule has 1 unspecified atom stereocenters. The minimum absolute atomic E-state index is 0. The molecule has 0 aliphatic carbocycles. The molecule has 1 aromatic heterocycles. The molecule has 0 spiro atoms. The number of aliphatic imine (C=N–C) groups is 1. The van der Waals surface area contributed by atoms with Crippen LogP contribution in [0.15, 0.2) is 23.3 Å². The number of guanidine groups is 1. The lowest BCUT2D eigenvalue weighted by Gasteiger charge is -2.15. The fraction of sp³-hybridized carbons (Fsp3) is 0.600. The Bertz CT molecular complexity index is 554. The van der Waals surface area contributed by atoms with E-state index in [1.54, 1.807) is 13.1 Å². The molecule has 2 rings (SSSR count). The van der Waals surface area contributed by atoms with Gasteiger partial charge >= 0.3 is 6.18 Å². The van der Waals surface area contributed by atoms with Gasteiger partial charge in [-0.3, -0.25) is 4.99 Å². The standard InChI is InChI=1S/C15H21F3N4OS.HI/c1-19-14(22-9-12-3-2-6-24-12)21-8-11-4-5-20-13(7-11)23-10-15(16,17)18;/h4-5,7,12H,2-3,6,8-10H2,1H3,(H2,19,21,22);1H. The van der Waals surface area contributed by atoms with E-state index >= 15 is 0 Å². The molecule has 1 aliphatic heterocycles. The third-order valence-corrected chi connectivity index (χ3v) is 4.79. The number of nitrogens with zero attached hydrogens (tertiary/aromatic N) is 2. The van der Waals surface area contributed by atoms with Gasteiger partial charge in [0.1, 0.15) is 0 Å². The molecule has 2 heterocycles. The van der Waals surface area contributed by atoms with Crippen molar-refractivity contribution in [2.24, 2.45) is 4.99 Å². The average Bonchev–Trinajstić information content (AvgIpc) is 3.06. The van der Waals surface area contributed by atoms with Crippen molar-refractivity contribution in [1.82, 2.24) is 15.6 Å². The number of ether oxygens (including phenoxy) is 1. The van der Waals surface area contributed by atoms with Gasteiger partial charge in [0.25, 0.3) is 0 Å². The lowest BCUT2D eigenvalue weighted by atomic mass is 10.2. The summed E-state index contributed by atoms with van der Waals surface area (Å²) < 4.78 is 41.1. The molecular formula is C15H22F3IN4OS. The maximum absolute atomic E-state index is 12.2. The molecular weight excluding hydrogens is 468 g/mol. The number of rotatable bonds is 6. The Morgan fingerprint density at radius 3 is 2.88 bits per heavy atom. The lowest BCUT2D eigenvalue weighted by molar-refractivity contribution is -0.154. The van der Waals surface area contributed by atoms with Gasteiger partial charge in [-0.05, 0) is 30.2 Å². The van der Waals surface area contributed by atoms with Crippen molar-refractivity contribution < 1.29 is 17.9 Å². The van der Waals surface area contributed by atoms with Crippen LogP contribution in [0.25, 0.3) is 0 Å². The van der Waals surface area contributed by atoms with E-state index in [1.807, 2.05) is 11.8 Å². The topological polar surface area (TPSA) is 58.5 Å². The van der Waals surface area contributed by atoms with Gasteiger partial charge in [-0.25, -0.2) is 4.98 Å². The molecule has 5 nitrogen and oxygen atoms in total. The van der Waals surface area contributed by atoms with Crippen molar-refractivity contribution in [2.45, 2.75) is 30.8 Å². The Hall–Kier alpha value is -0.910. The summed E-state index contributed by atoms with van der Waals surface area (Å²) in [5, 5.41) is 7.00. The SMILES string of the molecule is CN=C(NCc1ccnc(OCC(F)(F)F)c1)NCC1CCCS1.I. The summed E-state index contributed by atoms with van der Waals surface area (Å²) in [6.45, 7) is -0.0812. The normalized spacial score (nSPS) is 17.8. The summed E-state index contributed by atoms with van der Waals surface area (Å²) >= 11 is 1.96. The summed E-state index contributed by atoms with van der Waals surface area (Å²) in [6, 6.07) is 3.20. The number of thioether (sulfide) groups is 1. The highest BCUT2D eigenvalue weighted by molar-refractivity contribution is 14.0. The Labute approximate surface area is 166 Å². The summed E-state index contributed by atoms with van der Waals surface area (Å²) in [7, 11) is 1.68. The van der Waals surface area contributed by atoms with Gasteiger partial charge in [-0.2, -0.15) is 24.9 Å². The average molecular weight is 490 g/mol. The van der Waals surface area contributed by atoms with Gasteiger partial charge < -0.3 is 15.4 Å². The van der Waals surface area contributed by atoms with Crippen LogP contribution in [-0.4, -0.2) is 48.3 Å². The minimum Gasteiger partial charge on any atom is -0.468 e. The molecule has 1 aliphatic rings. The van der Waals surface area contributed by atoms with Gasteiger partial charge in [0.2, 0.25) is 5.88 Å². The van der Waals surface area contributed by atoms with E-state index in [0.717, 1.165) is 12.1 Å². The van der Waals surface area contributed by atoms with Crippen LogP contribution in [0.3, 0.4) is 0 Å². The van der Waals surface area contributed by atoms with Crippen LogP contribution in [0.5, 0.6) is 5.88 Å². The van der Waals surface area contributed by atoms with Crippen LogP contribution < -0.4 is 15.4 Å². The van der Waals surface area contributed by atoms with Crippen LogP contribution in [0.2, 0.25) is 0 Å². The predicted molar refractivity (Wildman–Crippen MR) is 105 cm³/mol. The smallest absolute Gasteiger partial charge is 0.422 e. The molecule has 1 saturated heterocycles. The van der Waals surface area contributed by atoms with E-state index in [1.165, 1.54) is 30.9 Å². The fourth-order valence-electron chi connectivity index (χ4n) is 2.22. The Kier molecular flexibility index (Phi) is 9.69. The first kappa shape index (κ1) is 22.1. The highest BCUT2D eigenvalue weighted by atomic mass is 127. The molecule has 142 valence electrons. The first-order valence-corrected chi connectivity index (χ1v) is 8.72. The number of alkyl halides is 3. The molecule has 0 radical (unpaired) electrons. The van der Waals surface area contributed by atoms with Crippen molar-refractivity contribution in [2.75, 3.05) is 26.0 Å². The number of halogens is 4. The second kappa shape index (κ2) is 10.9. The van der Waals surface area contributed by atoms with Crippen LogP contribution in [0, 0.1) is 0 Å². The highest BCUT2D eigenvalue weighted by Crippen LogP contribution is 2.25. The quantitative estimate of drug-likeness (QED) is 0.365. The minimum atomic E-state index is -4.37. The lowest BCUT2D eigenvalue weighted by Crippen LogP contribution is -2.39. The van der Waals surface area contributed by atoms with E-state index < -0.39 is 12.8 Å². The molecule has 0 saturated carbocycles. The monoisotopic (exact) mass is 490 g/mol. The zero-order valence-electron chi connectivity index (χ0n) is 13.8. The molecule has 2 N–H and O–H groups in total. The molecule has 25 heavy (non-hydrogen) atoms. The first-order valence-electron chi connectivity index (χ1n) is 7.67. The second-order valence-electron chi connectivity index (χ2n) is 5.35. The Morgan fingerprint density at radius 1 is 1.44 bits per heavy atom. The maximum atomic E-state index is 12.2. The summed E-state index contributed by atoms with van der Waals surface area (Å²) in [5.74, 6) is 1.82. The molecule has 0 amide bonds. The van der Waals surface area contributed by atoms with Crippen molar-refractivity contribution in [3.8, 4) is 5.88 Å². The van der Waals surface area contributed by atoms with Gasteiger partial charge in [0.15, 0.2) is 12.6 Å². The number of hydrogen-bond donors (Lipinski definition) is 2. The van der Waals surface area contributed by atoms with E-state index in [9.17, 15) is 13.2 Å². The van der Waals surface area contributed by atoms with E-state index in [2.05, 4.69) is 25.3 Å². The third kappa shape index (κ3) is 8.84. The van der Waals surface area contributed by atoms with Gasteiger partial charge in [0, 0.05) is 37.7 Å². The number of aromatic nitrogens is 1. The Morgan fingerprint density at radius 2 is 2.24 bits per heavy atom. The van der Waals surface area contributed by atoms with Gasteiger partial charge in [-0.1, -0.05) is 0 Å². The van der Waals surface area contributed by atoms with Crippen molar-refractivity contribution in [1.29, 1.82) is 0 Å². The fourth-order valence-corrected chi connectivity index (χ4v) is 3.42. The largest absolute Gasteiger partial charge is 0.468 e. The van der Waals surface area contributed by atoms with Crippen LogP contribution in [-0.2, 0) is 6.54 Å². The molecule has 0 aromatic carbocycles. The number of pyridine rings is 1. The van der Waals surface area contributed by atoms with E-state index in [-0.39, 0.29) is 29.9 Å². The summed E-state index contributed by atoms with van der Waals surface area (Å²) in [4.78, 5) is 7.92. The number of hydrogen-bond acceptors (Lipinski definition) is 4. The first-order chi connectivity index (χ1) is 11.5. The predicted octanol–water partition coefficient (Wildman–Crippen LogP) is 3.20. The summed E-state index contributed by atoms with van der Waals surface area (Å²) in [5.41, 5.74) is 0.764. The highest BCUT2D eigenvalue weighted by Gasteiger charge is 2.28. The van der Waals surface area contributed by atoms with Crippen LogP contribution in [0.1, 0.15) is 18.4 Å². The third-order valence-electron chi connectivity index (χ3n) is 3.39. The second-order valence-corrected chi connectivity index (χ2v) is 6.76. The summed E-state index contributed by atoms with van der Waals surface area (Å²) in [6.07, 6.45) is -0.492. The molecule has 10 heteroatoms. The van der Waals surface area contributed by atoms with Crippen molar-refractivity contribution in [3.63, 3.8) is 0 Å². The van der Waals surface area contributed by atoms with Crippen molar-refractivity contribution >= 4 is 41.7 Å². The van der Waals surface area contributed by atoms with E-state index in [0.29, 0.717) is 17.8 Å². The van der Waals surface area contributed by atoms with Gasteiger partial charge in [-0.15, -0.1) is 24.0 Å². The zero-order valence-corrected chi connectivity index (χ0v) is 17.0. The zero-order chi connectivity index (χ0) is 17.4. The van der Waals surface area contributed by atoms with E-state index in [4.69, 9.17) is 0 Å². The van der Waals surface area contributed by atoms with Gasteiger partial charge in [0.05, 0.1) is 0 Å². The van der Waals surface area contributed by atoms with Crippen molar-refractivity contribution in [3.05, 3.63) is 23.9 Å². The number of nitrogens with one attached hydrogen (secondary N) is 2. The van der Waals surface area contributed by atoms with Crippen LogP contribution in [0.4, 0.5) is 13.2 Å². The van der Waals surface area contributed by atoms with Crippen LogP contribution >= 0.6 is 35.7 Å². The molecule has 0 bridgehead atoms. The molecule has 1 fully saturated rings. The maximum Gasteiger partial charge on any atom is 0.422 e.